The van der Waals surface area contributed by atoms with Crippen LogP contribution in [0.1, 0.15) is 27.2 Å². The maximum absolute atomic E-state index is 12.0. The van der Waals surface area contributed by atoms with Crippen LogP contribution in [0.25, 0.3) is 0 Å². The molecule has 108 valence electrons. The number of nitrogens with zero attached hydrogens (tertiary/aromatic N) is 1. The van der Waals surface area contributed by atoms with Gasteiger partial charge in [-0.25, -0.2) is 13.1 Å². The predicted octanol–water partition coefficient (Wildman–Crippen LogP) is 2.16. The van der Waals surface area contributed by atoms with Crippen molar-refractivity contribution >= 4 is 32.0 Å². The molecule has 19 heavy (non-hydrogen) atoms. The lowest BCUT2D eigenvalue weighted by Gasteiger charge is -2.09. The van der Waals surface area contributed by atoms with Gasteiger partial charge in [-0.15, -0.1) is 0 Å². The fourth-order valence-electron chi connectivity index (χ4n) is 1.32. The van der Waals surface area contributed by atoms with Crippen LogP contribution in [0.2, 0.25) is 0 Å². The van der Waals surface area contributed by atoms with Gasteiger partial charge in [-0.3, -0.25) is 10.1 Å². The first-order valence-electron chi connectivity index (χ1n) is 5.86. The molecule has 0 aliphatic rings. The van der Waals surface area contributed by atoms with Gasteiger partial charge in [0.05, 0.1) is 4.92 Å². The molecule has 0 aromatic carbocycles. The minimum absolute atomic E-state index is 0.0459. The number of sulfonamides is 1. The Labute approximate surface area is 116 Å². The Bertz CT molecular complexity index is 553. The van der Waals surface area contributed by atoms with Crippen molar-refractivity contribution in [2.24, 2.45) is 0 Å². The molecule has 2 N–H and O–H groups in total. The third-order valence-corrected chi connectivity index (χ3v) is 5.60. The third kappa shape index (κ3) is 3.88. The van der Waals surface area contributed by atoms with Crippen molar-refractivity contribution in [3.8, 4) is 0 Å². The van der Waals surface area contributed by atoms with Crippen LogP contribution >= 0.6 is 11.3 Å². The maximum atomic E-state index is 12.0. The molecule has 1 aromatic heterocycles. The van der Waals surface area contributed by atoms with Crippen molar-refractivity contribution in [1.82, 2.24) is 4.72 Å². The second kappa shape index (κ2) is 6.31. The summed E-state index contributed by atoms with van der Waals surface area (Å²) in [5.41, 5.74) is -0.212. The van der Waals surface area contributed by atoms with Crippen LogP contribution in [-0.2, 0) is 10.0 Å². The molecule has 1 rings (SSSR count). The Kier molecular flexibility index (Phi) is 5.27. The maximum Gasteiger partial charge on any atom is 0.304 e. The van der Waals surface area contributed by atoms with E-state index in [-0.39, 0.29) is 20.9 Å². The highest BCUT2D eigenvalue weighted by molar-refractivity contribution is 7.91. The van der Waals surface area contributed by atoms with Gasteiger partial charge in [-0.1, -0.05) is 18.3 Å². The van der Waals surface area contributed by atoms with Crippen LogP contribution in [0.15, 0.2) is 10.3 Å². The lowest BCUT2D eigenvalue weighted by molar-refractivity contribution is -0.383. The van der Waals surface area contributed by atoms with Gasteiger partial charge in [0, 0.05) is 18.7 Å². The summed E-state index contributed by atoms with van der Waals surface area (Å²) in [6.07, 6.45) is 0.646. The quantitative estimate of drug-likeness (QED) is 0.594. The number of rotatable bonds is 7. The Morgan fingerprint density at radius 3 is 2.58 bits per heavy atom. The molecule has 0 saturated carbocycles. The molecular formula is C10H17N3O4S2. The second-order valence-corrected chi connectivity index (χ2v) is 6.99. The highest BCUT2D eigenvalue weighted by Crippen LogP contribution is 2.36. The van der Waals surface area contributed by atoms with Crippen molar-refractivity contribution in [2.75, 3.05) is 11.9 Å². The zero-order valence-electron chi connectivity index (χ0n) is 11.0. The first kappa shape index (κ1) is 15.9. The van der Waals surface area contributed by atoms with Crippen LogP contribution < -0.4 is 10.0 Å². The fourth-order valence-corrected chi connectivity index (χ4v) is 4.06. The molecule has 1 heterocycles. The van der Waals surface area contributed by atoms with Crippen molar-refractivity contribution in [2.45, 2.75) is 37.4 Å². The van der Waals surface area contributed by atoms with E-state index in [0.29, 0.717) is 13.0 Å². The van der Waals surface area contributed by atoms with E-state index in [4.69, 9.17) is 0 Å². The van der Waals surface area contributed by atoms with Gasteiger partial charge < -0.3 is 5.32 Å². The van der Waals surface area contributed by atoms with Gasteiger partial charge in [0.2, 0.25) is 0 Å². The van der Waals surface area contributed by atoms with E-state index in [2.05, 4.69) is 10.0 Å². The molecule has 1 unspecified atom stereocenters. The Balaban J connectivity index is 3.14. The number of anilines is 1. The van der Waals surface area contributed by atoms with E-state index >= 15 is 0 Å². The topological polar surface area (TPSA) is 101 Å². The molecule has 0 spiro atoms. The minimum Gasteiger partial charge on any atom is -0.372 e. The van der Waals surface area contributed by atoms with Crippen LogP contribution in [0.4, 0.5) is 10.7 Å². The standard InChI is InChI=1S/C10H17N3O4S2/c1-4-7(3)12-19(16,17)9-6-8(13(14)15)10(18-9)11-5-2/h6-7,11-12H,4-5H2,1-3H3. The van der Waals surface area contributed by atoms with E-state index in [9.17, 15) is 18.5 Å². The molecular weight excluding hydrogens is 290 g/mol. The van der Waals surface area contributed by atoms with Crippen LogP contribution in [-0.4, -0.2) is 25.9 Å². The number of thiophene rings is 1. The van der Waals surface area contributed by atoms with E-state index in [1.165, 1.54) is 0 Å². The fraction of sp³-hybridized carbons (Fsp3) is 0.600. The second-order valence-electron chi connectivity index (χ2n) is 4.00. The van der Waals surface area contributed by atoms with Gasteiger partial charge in [0.1, 0.15) is 4.21 Å². The lowest BCUT2D eigenvalue weighted by Crippen LogP contribution is -2.31. The number of hydrogen-bond acceptors (Lipinski definition) is 6. The van der Waals surface area contributed by atoms with Gasteiger partial charge in [0.15, 0.2) is 5.00 Å². The SMILES string of the molecule is CCNc1sc(S(=O)(=O)NC(C)CC)cc1[N+](=O)[O-]. The number of hydrogen-bond donors (Lipinski definition) is 2. The third-order valence-electron chi connectivity index (χ3n) is 2.46. The van der Waals surface area contributed by atoms with Crippen LogP contribution in [0.5, 0.6) is 0 Å². The number of nitro groups is 1. The Hall–Kier alpha value is -1.19. The summed E-state index contributed by atoms with van der Waals surface area (Å²) >= 11 is 0.869. The Morgan fingerprint density at radius 1 is 1.47 bits per heavy atom. The summed E-state index contributed by atoms with van der Waals surface area (Å²) in [6.45, 7) is 5.87. The van der Waals surface area contributed by atoms with E-state index in [1.54, 1.807) is 13.8 Å². The molecule has 1 atom stereocenters. The van der Waals surface area contributed by atoms with Crippen molar-refractivity contribution in [1.29, 1.82) is 0 Å². The monoisotopic (exact) mass is 307 g/mol. The summed E-state index contributed by atoms with van der Waals surface area (Å²) in [5.74, 6) is 0. The van der Waals surface area contributed by atoms with Gasteiger partial charge >= 0.3 is 5.69 Å². The van der Waals surface area contributed by atoms with Crippen molar-refractivity contribution < 1.29 is 13.3 Å². The first-order chi connectivity index (χ1) is 8.81. The molecule has 1 aromatic rings. The number of nitrogens with one attached hydrogen (secondary N) is 2. The van der Waals surface area contributed by atoms with Gasteiger partial charge in [0.25, 0.3) is 10.0 Å². The summed E-state index contributed by atoms with van der Waals surface area (Å²) in [5, 5.41) is 13.9. The molecule has 0 aliphatic heterocycles. The van der Waals surface area contributed by atoms with Gasteiger partial charge in [-0.05, 0) is 20.3 Å². The molecule has 0 bridgehead atoms. The van der Waals surface area contributed by atoms with Gasteiger partial charge in [-0.2, -0.15) is 0 Å². The van der Waals surface area contributed by atoms with Crippen LogP contribution in [0.3, 0.4) is 0 Å². The minimum atomic E-state index is -3.70. The molecule has 0 fully saturated rings. The summed E-state index contributed by atoms with van der Waals surface area (Å²) in [7, 11) is -3.70. The molecule has 0 amide bonds. The predicted molar refractivity (Wildman–Crippen MR) is 75.2 cm³/mol. The zero-order valence-corrected chi connectivity index (χ0v) is 12.6. The van der Waals surface area contributed by atoms with Crippen molar-refractivity contribution in [3.05, 3.63) is 16.2 Å². The van der Waals surface area contributed by atoms with E-state index in [0.717, 1.165) is 17.4 Å². The molecule has 0 saturated heterocycles. The average Bonchev–Trinajstić information content (AvgIpc) is 2.74. The summed E-state index contributed by atoms with van der Waals surface area (Å²) in [4.78, 5) is 10.3. The smallest absolute Gasteiger partial charge is 0.304 e. The zero-order chi connectivity index (χ0) is 14.6. The van der Waals surface area contributed by atoms with Crippen molar-refractivity contribution in [3.63, 3.8) is 0 Å². The molecule has 7 nitrogen and oxygen atoms in total. The summed E-state index contributed by atoms with van der Waals surface area (Å²) < 4.78 is 26.5. The molecule has 0 aliphatic carbocycles. The molecule has 0 radical (unpaired) electrons. The average molecular weight is 307 g/mol. The largest absolute Gasteiger partial charge is 0.372 e. The molecule has 9 heteroatoms. The van der Waals surface area contributed by atoms with E-state index < -0.39 is 14.9 Å². The summed E-state index contributed by atoms with van der Waals surface area (Å²) in [6, 6.07) is 0.877. The normalized spacial score (nSPS) is 13.2. The first-order valence-corrected chi connectivity index (χ1v) is 8.16. The highest BCUT2D eigenvalue weighted by atomic mass is 32.2. The van der Waals surface area contributed by atoms with E-state index in [1.807, 2.05) is 6.92 Å². The highest BCUT2D eigenvalue weighted by Gasteiger charge is 2.26. The lowest BCUT2D eigenvalue weighted by atomic mass is 10.3. The van der Waals surface area contributed by atoms with Crippen LogP contribution in [0, 0.1) is 10.1 Å². The Morgan fingerprint density at radius 2 is 2.11 bits per heavy atom.